The van der Waals surface area contributed by atoms with E-state index < -0.39 is 0 Å². The van der Waals surface area contributed by atoms with Crippen molar-refractivity contribution in [2.75, 3.05) is 37.7 Å². The van der Waals surface area contributed by atoms with Crippen molar-refractivity contribution in [1.82, 2.24) is 4.90 Å². The molecule has 8 heteroatoms. The van der Waals surface area contributed by atoms with Crippen LogP contribution in [0.2, 0.25) is 0 Å². The molecule has 0 spiro atoms. The summed E-state index contributed by atoms with van der Waals surface area (Å²) in [5.41, 5.74) is 1.48. The molecule has 2 aromatic rings. The van der Waals surface area contributed by atoms with Crippen molar-refractivity contribution < 1.29 is 19.2 Å². The number of rotatable bonds is 5. The summed E-state index contributed by atoms with van der Waals surface area (Å²) in [6.45, 7) is 6.04. The van der Waals surface area contributed by atoms with Gasteiger partial charge >= 0.3 is 0 Å². The van der Waals surface area contributed by atoms with Crippen LogP contribution in [0, 0.1) is 10.1 Å². The Hall–Kier alpha value is -3.29. The third-order valence-electron chi connectivity index (χ3n) is 5.46. The Morgan fingerprint density at radius 3 is 2.60 bits per heavy atom. The smallest absolute Gasteiger partial charge is 0.292 e. The number of amides is 1. The van der Waals surface area contributed by atoms with Crippen molar-refractivity contribution in [3.63, 3.8) is 0 Å². The molecule has 2 aromatic carbocycles. The van der Waals surface area contributed by atoms with Crippen molar-refractivity contribution in [3.05, 3.63) is 58.1 Å². The van der Waals surface area contributed by atoms with E-state index in [1.807, 2.05) is 36.9 Å². The van der Waals surface area contributed by atoms with E-state index in [1.165, 1.54) is 6.07 Å². The first-order valence-corrected chi connectivity index (χ1v) is 10.0. The van der Waals surface area contributed by atoms with E-state index in [0.29, 0.717) is 37.6 Å². The number of para-hydroxylation sites is 3. The Bertz CT molecular complexity index is 967. The minimum Gasteiger partial charge on any atom is -0.483 e. The van der Waals surface area contributed by atoms with Crippen LogP contribution in [-0.2, 0) is 11.2 Å². The molecule has 4 rings (SSSR count). The molecule has 0 atom stereocenters. The molecule has 2 heterocycles. The number of nitro groups is 1. The fourth-order valence-electron chi connectivity index (χ4n) is 4.01. The molecule has 2 aliphatic heterocycles. The summed E-state index contributed by atoms with van der Waals surface area (Å²) in [5, 5.41) is 11.3. The second-order valence-electron chi connectivity index (χ2n) is 8.19. The predicted octanol–water partition coefficient (Wildman–Crippen LogP) is 3.04. The normalized spacial score (nSPS) is 17.3. The Morgan fingerprint density at radius 2 is 1.87 bits per heavy atom. The third kappa shape index (κ3) is 4.03. The maximum absolute atomic E-state index is 12.7. The van der Waals surface area contributed by atoms with Gasteiger partial charge in [-0.3, -0.25) is 14.9 Å². The van der Waals surface area contributed by atoms with E-state index in [1.54, 1.807) is 23.1 Å². The summed E-state index contributed by atoms with van der Waals surface area (Å²) in [4.78, 5) is 27.2. The van der Waals surface area contributed by atoms with Gasteiger partial charge in [-0.1, -0.05) is 24.3 Å². The molecule has 1 saturated heterocycles. The summed E-state index contributed by atoms with van der Waals surface area (Å²) < 4.78 is 11.8. The van der Waals surface area contributed by atoms with Crippen LogP contribution in [0.25, 0.3) is 0 Å². The Balaban J connectivity index is 1.34. The maximum Gasteiger partial charge on any atom is 0.292 e. The molecule has 1 amide bonds. The van der Waals surface area contributed by atoms with Crippen LogP contribution < -0.4 is 14.4 Å². The molecule has 0 radical (unpaired) electrons. The fourth-order valence-corrected chi connectivity index (χ4v) is 4.01. The lowest BCUT2D eigenvalue weighted by atomic mass is 10.0. The molecule has 2 aliphatic rings. The zero-order chi connectivity index (χ0) is 21.3. The van der Waals surface area contributed by atoms with Gasteiger partial charge in [-0.15, -0.1) is 0 Å². The van der Waals surface area contributed by atoms with Crippen LogP contribution in [0.15, 0.2) is 42.5 Å². The summed E-state index contributed by atoms with van der Waals surface area (Å²) in [7, 11) is 0. The average Bonchev–Trinajstić information content (AvgIpc) is 3.06. The van der Waals surface area contributed by atoms with Crippen molar-refractivity contribution in [3.8, 4) is 11.5 Å². The fraction of sp³-hybridized carbons (Fsp3) is 0.409. The number of hydrogen-bond acceptors (Lipinski definition) is 6. The highest BCUT2D eigenvalue weighted by Gasteiger charge is 2.32. The first-order valence-electron chi connectivity index (χ1n) is 10.0. The van der Waals surface area contributed by atoms with Crippen LogP contribution in [-0.4, -0.2) is 54.1 Å². The highest BCUT2D eigenvalue weighted by atomic mass is 16.6. The summed E-state index contributed by atoms with van der Waals surface area (Å²) in [6.07, 6.45) is 0.807. The standard InChI is InChI=1S/C22H25N3O5/c1-22(2)14-16-6-5-9-19(21(16)30-22)29-15-20(26)24-12-10-23(11-13-24)17-7-3-4-8-18(17)25(27)28/h3-9H,10-15H2,1-2H3. The van der Waals surface area contributed by atoms with Gasteiger partial charge in [0.2, 0.25) is 0 Å². The van der Waals surface area contributed by atoms with E-state index >= 15 is 0 Å². The maximum atomic E-state index is 12.7. The lowest BCUT2D eigenvalue weighted by Crippen LogP contribution is -2.50. The van der Waals surface area contributed by atoms with Crippen molar-refractivity contribution >= 4 is 17.3 Å². The monoisotopic (exact) mass is 411 g/mol. The molecule has 0 saturated carbocycles. The summed E-state index contributed by atoms with van der Waals surface area (Å²) >= 11 is 0. The Labute approximate surface area is 175 Å². The van der Waals surface area contributed by atoms with Gasteiger partial charge in [-0.25, -0.2) is 0 Å². The minimum absolute atomic E-state index is 0.0638. The number of nitrogens with zero attached hydrogens (tertiary/aromatic N) is 3. The molecule has 0 unspecified atom stereocenters. The molecule has 0 aliphatic carbocycles. The molecule has 158 valence electrons. The SMILES string of the molecule is CC1(C)Cc2cccc(OCC(=O)N3CCN(c4ccccc4[N+](=O)[O-])CC3)c2O1. The molecule has 1 fully saturated rings. The predicted molar refractivity (Wildman–Crippen MR) is 112 cm³/mol. The first kappa shape index (κ1) is 20.0. The van der Waals surface area contributed by atoms with Crippen LogP contribution in [0.3, 0.4) is 0 Å². The molecule has 0 N–H and O–H groups in total. The van der Waals surface area contributed by atoms with Gasteiger partial charge in [0.25, 0.3) is 11.6 Å². The number of carbonyl (C=O) groups excluding carboxylic acids is 1. The lowest BCUT2D eigenvalue weighted by Gasteiger charge is -2.35. The highest BCUT2D eigenvalue weighted by Crippen LogP contribution is 2.41. The van der Waals surface area contributed by atoms with Gasteiger partial charge in [0.1, 0.15) is 11.3 Å². The van der Waals surface area contributed by atoms with Gasteiger partial charge in [0.05, 0.1) is 4.92 Å². The number of fused-ring (bicyclic) bond motifs is 1. The summed E-state index contributed by atoms with van der Waals surface area (Å²) in [6, 6.07) is 12.4. The zero-order valence-electron chi connectivity index (χ0n) is 17.2. The lowest BCUT2D eigenvalue weighted by molar-refractivity contribution is -0.384. The van der Waals surface area contributed by atoms with Gasteiger partial charge < -0.3 is 19.3 Å². The van der Waals surface area contributed by atoms with Gasteiger partial charge in [-0.2, -0.15) is 0 Å². The number of anilines is 1. The van der Waals surface area contributed by atoms with E-state index in [9.17, 15) is 14.9 Å². The van der Waals surface area contributed by atoms with Crippen LogP contribution in [0.4, 0.5) is 11.4 Å². The number of nitro benzene ring substituents is 1. The first-order chi connectivity index (χ1) is 14.3. The number of hydrogen-bond donors (Lipinski definition) is 0. The average molecular weight is 411 g/mol. The van der Waals surface area contributed by atoms with E-state index in [-0.39, 0.29) is 28.7 Å². The number of carbonyl (C=O) groups is 1. The van der Waals surface area contributed by atoms with Crippen molar-refractivity contribution in [2.24, 2.45) is 0 Å². The van der Waals surface area contributed by atoms with Gasteiger partial charge in [-0.05, 0) is 26.0 Å². The quantitative estimate of drug-likeness (QED) is 0.555. The largest absolute Gasteiger partial charge is 0.483 e. The molecular weight excluding hydrogens is 386 g/mol. The Kier molecular flexibility index (Phi) is 5.24. The molecular formula is C22H25N3O5. The minimum atomic E-state index is -0.373. The Morgan fingerprint density at radius 1 is 1.13 bits per heavy atom. The van der Waals surface area contributed by atoms with E-state index in [0.717, 1.165) is 17.7 Å². The molecule has 30 heavy (non-hydrogen) atoms. The molecule has 8 nitrogen and oxygen atoms in total. The van der Waals surface area contributed by atoms with E-state index in [2.05, 4.69) is 0 Å². The highest BCUT2D eigenvalue weighted by molar-refractivity contribution is 5.78. The number of benzene rings is 2. The van der Waals surface area contributed by atoms with Crippen LogP contribution in [0.5, 0.6) is 11.5 Å². The number of piperazine rings is 1. The van der Waals surface area contributed by atoms with Crippen molar-refractivity contribution in [2.45, 2.75) is 25.9 Å². The van der Waals surface area contributed by atoms with Crippen LogP contribution >= 0.6 is 0 Å². The van der Waals surface area contributed by atoms with E-state index in [4.69, 9.17) is 9.47 Å². The topological polar surface area (TPSA) is 85.2 Å². The second-order valence-corrected chi connectivity index (χ2v) is 8.19. The summed E-state index contributed by atoms with van der Waals surface area (Å²) in [5.74, 6) is 1.20. The molecule has 0 bridgehead atoms. The second kappa shape index (κ2) is 7.85. The number of ether oxygens (including phenoxy) is 2. The zero-order valence-corrected chi connectivity index (χ0v) is 17.2. The third-order valence-corrected chi connectivity index (χ3v) is 5.46. The molecule has 0 aromatic heterocycles. The van der Waals surface area contributed by atoms with Crippen molar-refractivity contribution in [1.29, 1.82) is 0 Å². The van der Waals surface area contributed by atoms with Crippen LogP contribution in [0.1, 0.15) is 19.4 Å². The van der Waals surface area contributed by atoms with Gasteiger partial charge in [0.15, 0.2) is 18.1 Å². The van der Waals surface area contributed by atoms with Gasteiger partial charge in [0, 0.05) is 44.2 Å².